The smallest absolute Gasteiger partial charge is 0.408 e. The van der Waals surface area contributed by atoms with Crippen molar-refractivity contribution in [2.75, 3.05) is 6.61 Å². The predicted octanol–water partition coefficient (Wildman–Crippen LogP) is 6.08. The maximum absolute atomic E-state index is 14.9. The first-order chi connectivity index (χ1) is 15.0. The lowest BCUT2D eigenvalue weighted by Gasteiger charge is -2.33. The monoisotopic (exact) mass is 441 g/mol. The van der Waals surface area contributed by atoms with E-state index in [4.69, 9.17) is 9.47 Å². The van der Waals surface area contributed by atoms with Crippen molar-refractivity contribution in [2.45, 2.75) is 59.1 Å². The van der Waals surface area contributed by atoms with Crippen LogP contribution in [0.5, 0.6) is 5.75 Å². The van der Waals surface area contributed by atoms with Crippen LogP contribution >= 0.6 is 0 Å². The van der Waals surface area contributed by atoms with E-state index in [-0.39, 0.29) is 12.4 Å². The second-order valence-electron chi connectivity index (χ2n) is 9.82. The van der Waals surface area contributed by atoms with Gasteiger partial charge in [0.15, 0.2) is 11.6 Å². The molecule has 1 unspecified atom stereocenters. The van der Waals surface area contributed by atoms with Crippen molar-refractivity contribution < 1.29 is 18.7 Å². The third kappa shape index (κ3) is 5.99. The van der Waals surface area contributed by atoms with Crippen molar-refractivity contribution in [1.29, 1.82) is 0 Å². The second kappa shape index (κ2) is 9.18. The van der Waals surface area contributed by atoms with Gasteiger partial charge in [-0.3, -0.25) is 4.98 Å². The number of carbonyl (C=O) groups excluding carboxylic acids is 1. The van der Waals surface area contributed by atoms with Crippen LogP contribution in [0.15, 0.2) is 42.7 Å². The number of nitrogens with zero attached hydrogens (tertiary/aromatic N) is 1. The van der Waals surface area contributed by atoms with Crippen molar-refractivity contribution >= 4 is 17.1 Å². The highest BCUT2D eigenvalue weighted by Crippen LogP contribution is 2.30. The number of hydrogen-bond donors (Lipinski definition) is 2. The summed E-state index contributed by atoms with van der Waals surface area (Å²) in [5.41, 5.74) is 1.93. The van der Waals surface area contributed by atoms with Gasteiger partial charge in [-0.2, -0.15) is 0 Å². The van der Waals surface area contributed by atoms with E-state index in [9.17, 15) is 9.18 Å². The van der Waals surface area contributed by atoms with Crippen LogP contribution in [0.2, 0.25) is 0 Å². The molecule has 0 aliphatic carbocycles. The van der Waals surface area contributed by atoms with Crippen molar-refractivity contribution in [1.82, 2.24) is 15.3 Å². The molecule has 0 saturated heterocycles. The quantitative estimate of drug-likeness (QED) is 0.466. The fraction of sp³-hybridized carbons (Fsp3) is 0.440. The zero-order valence-electron chi connectivity index (χ0n) is 19.6. The summed E-state index contributed by atoms with van der Waals surface area (Å²) in [4.78, 5) is 19.8. The molecule has 3 aromatic rings. The highest BCUT2D eigenvalue weighted by atomic mass is 19.1. The van der Waals surface area contributed by atoms with Crippen LogP contribution in [0.25, 0.3) is 22.2 Å². The number of hydrogen-bond acceptors (Lipinski definition) is 4. The van der Waals surface area contributed by atoms with Crippen LogP contribution < -0.4 is 10.1 Å². The van der Waals surface area contributed by atoms with Crippen LogP contribution in [0, 0.1) is 11.7 Å². The third-order valence-electron chi connectivity index (χ3n) is 4.90. The van der Waals surface area contributed by atoms with Crippen molar-refractivity contribution in [2.24, 2.45) is 5.92 Å². The Morgan fingerprint density at radius 1 is 1.19 bits per heavy atom. The molecule has 6 nitrogen and oxygen atoms in total. The summed E-state index contributed by atoms with van der Waals surface area (Å²) in [7, 11) is 0. The normalized spacial score (nSPS) is 13.8. The van der Waals surface area contributed by atoms with Crippen molar-refractivity contribution in [3.05, 3.63) is 48.5 Å². The number of halogens is 1. The van der Waals surface area contributed by atoms with Gasteiger partial charge >= 0.3 is 6.09 Å². The van der Waals surface area contributed by atoms with Gasteiger partial charge in [0.1, 0.15) is 12.2 Å². The minimum Gasteiger partial charge on any atom is -0.488 e. The van der Waals surface area contributed by atoms with E-state index in [1.54, 1.807) is 12.3 Å². The first-order valence-corrected chi connectivity index (χ1v) is 10.8. The van der Waals surface area contributed by atoms with Crippen molar-refractivity contribution in [3.63, 3.8) is 0 Å². The standard InChI is InChI=1S/C25H32FN3O3/c1-16(2)14-25(6,29-23(30)32-24(3,4)5)15-31-21-8-7-17(13-19(21)26)18-9-11-27-20-10-12-28-22(18)20/h7-13,16,28H,14-15H2,1-6H3,(H,29,30). The van der Waals surface area contributed by atoms with Gasteiger partial charge in [0, 0.05) is 18.0 Å². The number of nitrogens with one attached hydrogen (secondary N) is 2. The van der Waals surface area contributed by atoms with E-state index in [1.807, 2.05) is 52.1 Å². The molecule has 3 rings (SSSR count). The molecule has 0 aliphatic heterocycles. The Hall–Kier alpha value is -3.09. The summed E-state index contributed by atoms with van der Waals surface area (Å²) in [5.74, 6) is -0.0460. The zero-order chi connectivity index (χ0) is 23.5. The van der Waals surface area contributed by atoms with E-state index in [2.05, 4.69) is 29.1 Å². The van der Waals surface area contributed by atoms with Gasteiger partial charge in [0.25, 0.3) is 0 Å². The van der Waals surface area contributed by atoms with Gasteiger partial charge in [0.05, 0.1) is 16.6 Å². The number of amides is 1. The first-order valence-electron chi connectivity index (χ1n) is 10.8. The summed E-state index contributed by atoms with van der Waals surface area (Å²) in [6.07, 6.45) is 3.64. The Labute approximate surface area is 188 Å². The summed E-state index contributed by atoms with van der Waals surface area (Å²) in [6, 6.07) is 8.60. The molecule has 0 radical (unpaired) electrons. The number of rotatable bonds is 7. The molecule has 1 aromatic carbocycles. The molecule has 2 N–H and O–H groups in total. The van der Waals surface area contributed by atoms with Gasteiger partial charge in [-0.25, -0.2) is 9.18 Å². The van der Waals surface area contributed by atoms with Gasteiger partial charge in [0.2, 0.25) is 0 Å². The molecule has 7 heteroatoms. The number of benzene rings is 1. The number of alkyl carbamates (subject to hydrolysis) is 1. The molecule has 2 heterocycles. The molecule has 0 saturated carbocycles. The Kier molecular flexibility index (Phi) is 6.77. The van der Waals surface area contributed by atoms with Gasteiger partial charge in [-0.1, -0.05) is 19.9 Å². The van der Waals surface area contributed by atoms with E-state index in [1.165, 1.54) is 6.07 Å². The summed E-state index contributed by atoms with van der Waals surface area (Å²) in [5, 5.41) is 2.91. The second-order valence-corrected chi connectivity index (χ2v) is 9.82. The minimum atomic E-state index is -0.719. The number of carbonyl (C=O) groups is 1. The molecule has 0 fully saturated rings. The lowest BCUT2D eigenvalue weighted by atomic mass is 9.91. The molecule has 0 aliphatic rings. The van der Waals surface area contributed by atoms with Crippen LogP contribution in [-0.2, 0) is 4.74 Å². The molecule has 172 valence electrons. The number of pyridine rings is 1. The van der Waals surface area contributed by atoms with E-state index in [0.717, 1.165) is 22.2 Å². The van der Waals surface area contributed by atoms with Gasteiger partial charge < -0.3 is 19.8 Å². The van der Waals surface area contributed by atoms with Crippen LogP contribution in [-0.4, -0.2) is 33.8 Å². The summed E-state index contributed by atoms with van der Waals surface area (Å²) in [6.45, 7) is 11.5. The summed E-state index contributed by atoms with van der Waals surface area (Å²) < 4.78 is 26.1. The Balaban J connectivity index is 1.76. The number of aromatic nitrogens is 2. The summed E-state index contributed by atoms with van der Waals surface area (Å²) >= 11 is 0. The molecule has 0 spiro atoms. The number of H-pyrrole nitrogens is 1. The van der Waals surface area contributed by atoms with Gasteiger partial charge in [-0.05, 0) is 69.9 Å². The average molecular weight is 442 g/mol. The molecular formula is C25H32FN3O3. The lowest BCUT2D eigenvalue weighted by molar-refractivity contribution is 0.0406. The van der Waals surface area contributed by atoms with Crippen LogP contribution in [0.1, 0.15) is 48.0 Å². The average Bonchev–Trinajstić information content (AvgIpc) is 3.13. The number of fused-ring (bicyclic) bond motifs is 1. The third-order valence-corrected chi connectivity index (χ3v) is 4.90. The molecule has 0 bridgehead atoms. The number of aromatic amines is 1. The lowest BCUT2D eigenvalue weighted by Crippen LogP contribution is -2.52. The van der Waals surface area contributed by atoms with Crippen LogP contribution in [0.3, 0.4) is 0 Å². The topological polar surface area (TPSA) is 76.2 Å². The zero-order valence-corrected chi connectivity index (χ0v) is 19.6. The highest BCUT2D eigenvalue weighted by molar-refractivity contribution is 5.91. The largest absolute Gasteiger partial charge is 0.488 e. The Morgan fingerprint density at radius 3 is 2.59 bits per heavy atom. The molecule has 1 atom stereocenters. The van der Waals surface area contributed by atoms with Crippen LogP contribution in [0.4, 0.5) is 9.18 Å². The highest BCUT2D eigenvalue weighted by Gasteiger charge is 2.31. The first kappa shape index (κ1) is 23.6. The molecule has 1 amide bonds. The van der Waals surface area contributed by atoms with Crippen molar-refractivity contribution in [3.8, 4) is 16.9 Å². The SMILES string of the molecule is CC(C)CC(C)(COc1ccc(-c2ccnc3cc[nH]c23)cc1F)NC(=O)OC(C)(C)C. The molecule has 32 heavy (non-hydrogen) atoms. The Morgan fingerprint density at radius 2 is 1.94 bits per heavy atom. The fourth-order valence-corrected chi connectivity index (χ4v) is 3.82. The van der Waals surface area contributed by atoms with E-state index < -0.39 is 23.1 Å². The fourth-order valence-electron chi connectivity index (χ4n) is 3.82. The predicted molar refractivity (Wildman–Crippen MR) is 124 cm³/mol. The Bertz CT molecular complexity index is 1090. The minimum absolute atomic E-state index is 0.108. The van der Waals surface area contributed by atoms with Gasteiger partial charge in [-0.15, -0.1) is 0 Å². The van der Waals surface area contributed by atoms with E-state index >= 15 is 0 Å². The number of ether oxygens (including phenoxy) is 2. The maximum Gasteiger partial charge on any atom is 0.408 e. The van der Waals surface area contributed by atoms with E-state index in [0.29, 0.717) is 12.3 Å². The maximum atomic E-state index is 14.9. The molecule has 2 aromatic heterocycles. The molecular weight excluding hydrogens is 409 g/mol.